The molecule has 0 aromatic heterocycles. The van der Waals surface area contributed by atoms with Gasteiger partial charge in [0.2, 0.25) is 5.91 Å². The summed E-state index contributed by atoms with van der Waals surface area (Å²) in [6.07, 6.45) is 1.06. The molecule has 1 fully saturated rings. The summed E-state index contributed by atoms with van der Waals surface area (Å²) >= 11 is 0. The quantitative estimate of drug-likeness (QED) is 0.875. The summed E-state index contributed by atoms with van der Waals surface area (Å²) in [6, 6.07) is 7.49. The minimum atomic E-state index is -0.572. The fourth-order valence-electron chi connectivity index (χ4n) is 2.91. The SMILES string of the molecule is CC1Oc2ccccc2N(CC(=O)N2CCC(N)CC2)C1=O. The fraction of sp³-hybridized carbons (Fsp3) is 0.500. The van der Waals surface area contributed by atoms with Crippen LogP contribution >= 0.6 is 0 Å². The molecule has 6 nitrogen and oxygen atoms in total. The van der Waals surface area contributed by atoms with Crippen molar-refractivity contribution in [2.75, 3.05) is 24.5 Å². The smallest absolute Gasteiger partial charge is 0.268 e. The number of fused-ring (bicyclic) bond motifs is 1. The number of ether oxygens (including phenoxy) is 1. The Kier molecular flexibility index (Phi) is 4.02. The third-order valence-corrected chi connectivity index (χ3v) is 4.26. The molecule has 6 heteroatoms. The topological polar surface area (TPSA) is 75.9 Å². The number of amides is 2. The Hall–Kier alpha value is -2.08. The summed E-state index contributed by atoms with van der Waals surface area (Å²) in [4.78, 5) is 28.2. The average molecular weight is 303 g/mol. The van der Waals surface area contributed by atoms with Crippen molar-refractivity contribution in [3.63, 3.8) is 0 Å². The number of carbonyl (C=O) groups is 2. The van der Waals surface area contributed by atoms with Gasteiger partial charge in [0, 0.05) is 19.1 Å². The van der Waals surface area contributed by atoms with E-state index in [0.29, 0.717) is 24.5 Å². The number of para-hydroxylation sites is 2. The van der Waals surface area contributed by atoms with Gasteiger partial charge in [0.25, 0.3) is 5.91 Å². The maximum absolute atomic E-state index is 12.5. The van der Waals surface area contributed by atoms with Crippen LogP contribution in [0.5, 0.6) is 5.75 Å². The second kappa shape index (κ2) is 5.96. The molecule has 1 saturated heterocycles. The molecule has 1 aromatic carbocycles. The number of carbonyl (C=O) groups excluding carboxylic acids is 2. The van der Waals surface area contributed by atoms with Crippen molar-refractivity contribution in [1.82, 2.24) is 4.90 Å². The number of hydrogen-bond acceptors (Lipinski definition) is 4. The maximum atomic E-state index is 12.5. The van der Waals surface area contributed by atoms with Gasteiger partial charge in [0.15, 0.2) is 6.10 Å². The van der Waals surface area contributed by atoms with E-state index >= 15 is 0 Å². The lowest BCUT2D eigenvalue weighted by molar-refractivity contribution is -0.133. The lowest BCUT2D eigenvalue weighted by Gasteiger charge is -2.35. The van der Waals surface area contributed by atoms with Crippen LogP contribution in [0.25, 0.3) is 0 Å². The monoisotopic (exact) mass is 303 g/mol. The van der Waals surface area contributed by atoms with Crippen LogP contribution in [0.2, 0.25) is 0 Å². The highest BCUT2D eigenvalue weighted by molar-refractivity contribution is 6.03. The fourth-order valence-corrected chi connectivity index (χ4v) is 2.91. The third kappa shape index (κ3) is 2.78. The van der Waals surface area contributed by atoms with Crippen molar-refractivity contribution in [2.45, 2.75) is 31.9 Å². The molecule has 0 saturated carbocycles. The van der Waals surface area contributed by atoms with E-state index in [9.17, 15) is 9.59 Å². The van der Waals surface area contributed by atoms with E-state index in [1.165, 1.54) is 4.90 Å². The average Bonchev–Trinajstić information content (AvgIpc) is 2.52. The summed E-state index contributed by atoms with van der Waals surface area (Å²) in [5, 5.41) is 0. The highest BCUT2D eigenvalue weighted by atomic mass is 16.5. The molecule has 2 aliphatic heterocycles. The molecular formula is C16H21N3O3. The van der Waals surface area contributed by atoms with Gasteiger partial charge in [-0.15, -0.1) is 0 Å². The number of piperidine rings is 1. The predicted octanol–water partition coefficient (Wildman–Crippen LogP) is 0.750. The van der Waals surface area contributed by atoms with Crippen LogP contribution in [-0.2, 0) is 9.59 Å². The molecule has 1 atom stereocenters. The molecule has 22 heavy (non-hydrogen) atoms. The number of anilines is 1. The van der Waals surface area contributed by atoms with E-state index in [4.69, 9.17) is 10.5 Å². The first-order valence-electron chi connectivity index (χ1n) is 7.66. The molecule has 1 aromatic rings. The summed E-state index contributed by atoms with van der Waals surface area (Å²) in [7, 11) is 0. The minimum absolute atomic E-state index is 0.0378. The van der Waals surface area contributed by atoms with Gasteiger partial charge in [-0.1, -0.05) is 12.1 Å². The van der Waals surface area contributed by atoms with Crippen molar-refractivity contribution in [3.05, 3.63) is 24.3 Å². The predicted molar refractivity (Wildman–Crippen MR) is 82.7 cm³/mol. The largest absolute Gasteiger partial charge is 0.479 e. The van der Waals surface area contributed by atoms with Crippen LogP contribution in [0.15, 0.2) is 24.3 Å². The molecule has 2 N–H and O–H groups in total. The van der Waals surface area contributed by atoms with E-state index in [1.54, 1.807) is 17.9 Å². The van der Waals surface area contributed by atoms with E-state index in [2.05, 4.69) is 0 Å². The first-order valence-corrected chi connectivity index (χ1v) is 7.66. The number of nitrogens with zero attached hydrogens (tertiary/aromatic N) is 2. The van der Waals surface area contributed by atoms with Crippen molar-refractivity contribution >= 4 is 17.5 Å². The number of benzene rings is 1. The Morgan fingerprint density at radius 3 is 2.73 bits per heavy atom. The summed E-state index contributed by atoms with van der Waals surface area (Å²) in [5.41, 5.74) is 6.53. The van der Waals surface area contributed by atoms with Gasteiger partial charge in [-0.3, -0.25) is 14.5 Å². The summed E-state index contributed by atoms with van der Waals surface area (Å²) in [6.45, 7) is 3.08. The number of likely N-dealkylation sites (tertiary alicyclic amines) is 1. The van der Waals surface area contributed by atoms with Crippen molar-refractivity contribution in [3.8, 4) is 5.75 Å². The van der Waals surface area contributed by atoms with Crippen LogP contribution in [0.4, 0.5) is 5.69 Å². The van der Waals surface area contributed by atoms with E-state index in [0.717, 1.165) is 12.8 Å². The van der Waals surface area contributed by atoms with Crippen LogP contribution in [0.1, 0.15) is 19.8 Å². The van der Waals surface area contributed by atoms with Crippen LogP contribution < -0.4 is 15.4 Å². The molecule has 0 bridgehead atoms. The highest BCUT2D eigenvalue weighted by Gasteiger charge is 2.33. The standard InChI is InChI=1S/C16H21N3O3/c1-11-16(21)19(13-4-2-3-5-14(13)22-11)10-15(20)18-8-6-12(17)7-9-18/h2-5,11-12H,6-10,17H2,1H3. The summed E-state index contributed by atoms with van der Waals surface area (Å²) < 4.78 is 5.58. The van der Waals surface area contributed by atoms with Gasteiger partial charge in [0.05, 0.1) is 5.69 Å². The van der Waals surface area contributed by atoms with Crippen LogP contribution in [0.3, 0.4) is 0 Å². The molecule has 2 heterocycles. The number of nitrogens with two attached hydrogens (primary N) is 1. The first-order chi connectivity index (χ1) is 10.6. The molecule has 3 rings (SSSR count). The van der Waals surface area contributed by atoms with E-state index in [1.807, 2.05) is 18.2 Å². The Bertz CT molecular complexity index is 582. The normalized spacial score (nSPS) is 22.3. The zero-order valence-electron chi connectivity index (χ0n) is 12.7. The molecule has 0 radical (unpaired) electrons. The van der Waals surface area contributed by atoms with Gasteiger partial charge in [-0.05, 0) is 31.9 Å². The molecule has 1 unspecified atom stereocenters. The first kappa shape index (κ1) is 14.8. The van der Waals surface area contributed by atoms with Gasteiger partial charge < -0.3 is 15.4 Å². The molecule has 0 spiro atoms. The summed E-state index contributed by atoms with van der Waals surface area (Å²) in [5.74, 6) is 0.424. The van der Waals surface area contributed by atoms with Crippen LogP contribution in [-0.4, -0.2) is 48.5 Å². The van der Waals surface area contributed by atoms with Gasteiger partial charge in [0.1, 0.15) is 12.3 Å². The second-order valence-electron chi connectivity index (χ2n) is 5.87. The lowest BCUT2D eigenvalue weighted by Crippen LogP contribution is -2.51. The number of hydrogen-bond donors (Lipinski definition) is 1. The molecule has 2 aliphatic rings. The maximum Gasteiger partial charge on any atom is 0.268 e. The molecule has 0 aliphatic carbocycles. The third-order valence-electron chi connectivity index (χ3n) is 4.26. The zero-order valence-corrected chi connectivity index (χ0v) is 12.7. The van der Waals surface area contributed by atoms with E-state index in [-0.39, 0.29) is 24.4 Å². The van der Waals surface area contributed by atoms with Crippen molar-refractivity contribution in [2.24, 2.45) is 5.73 Å². The minimum Gasteiger partial charge on any atom is -0.479 e. The lowest BCUT2D eigenvalue weighted by atomic mass is 10.1. The van der Waals surface area contributed by atoms with Crippen molar-refractivity contribution in [1.29, 1.82) is 0 Å². The molecule has 2 amide bonds. The Balaban J connectivity index is 1.76. The zero-order chi connectivity index (χ0) is 15.7. The Labute approximate surface area is 129 Å². The van der Waals surface area contributed by atoms with Crippen molar-refractivity contribution < 1.29 is 14.3 Å². The second-order valence-corrected chi connectivity index (χ2v) is 5.87. The highest BCUT2D eigenvalue weighted by Crippen LogP contribution is 2.33. The molecule has 118 valence electrons. The van der Waals surface area contributed by atoms with Gasteiger partial charge in [-0.25, -0.2) is 0 Å². The van der Waals surface area contributed by atoms with Gasteiger partial charge in [-0.2, -0.15) is 0 Å². The Morgan fingerprint density at radius 2 is 2.00 bits per heavy atom. The van der Waals surface area contributed by atoms with Gasteiger partial charge >= 0.3 is 0 Å². The molecular weight excluding hydrogens is 282 g/mol. The number of rotatable bonds is 2. The Morgan fingerprint density at radius 1 is 1.32 bits per heavy atom. The van der Waals surface area contributed by atoms with Crippen LogP contribution in [0, 0.1) is 0 Å². The van der Waals surface area contributed by atoms with E-state index < -0.39 is 6.10 Å².